The van der Waals surface area contributed by atoms with Crippen LogP contribution in [-0.4, -0.2) is 70.4 Å². The van der Waals surface area contributed by atoms with Crippen molar-refractivity contribution in [3.63, 3.8) is 0 Å². The molecule has 0 radical (unpaired) electrons. The fourth-order valence-corrected chi connectivity index (χ4v) is 18.8. The number of ketones is 4. The second-order valence-corrected chi connectivity index (χ2v) is 33.9. The van der Waals surface area contributed by atoms with Gasteiger partial charge in [-0.1, -0.05) is 199 Å². The monoisotopic (exact) mass is 1620 g/mol. The molecule has 0 saturated heterocycles. The zero-order valence-electron chi connectivity index (χ0n) is 68.5. The van der Waals surface area contributed by atoms with Crippen molar-refractivity contribution < 1.29 is 57.5 Å². The molecule has 124 heavy (non-hydrogen) atoms. The molecule has 0 bridgehead atoms. The van der Waals surface area contributed by atoms with Gasteiger partial charge in [0, 0.05) is 81.0 Å². The molecule has 2 atom stereocenters. The number of imide groups is 4. The average Bonchev–Trinajstić information content (AvgIpc) is 1.57. The molecule has 12 aromatic rings. The molecule has 12 aromatic carbocycles. The second kappa shape index (κ2) is 30.7. The maximum atomic E-state index is 13.8. The number of terminal acetylenes is 4. The van der Waals surface area contributed by atoms with Gasteiger partial charge in [-0.15, -0.1) is 25.7 Å². The highest BCUT2D eigenvalue weighted by molar-refractivity contribution is 6.37. The van der Waals surface area contributed by atoms with Crippen LogP contribution in [0.5, 0.6) is 0 Å². The van der Waals surface area contributed by atoms with Crippen LogP contribution in [0.4, 0.5) is 22.7 Å². The van der Waals surface area contributed by atoms with Crippen molar-refractivity contribution >= 4 is 93.1 Å². The third-order valence-corrected chi connectivity index (χ3v) is 25.0. The van der Waals surface area contributed by atoms with Gasteiger partial charge in [-0.05, 0) is 201 Å². The largest absolute Gasteiger partial charge is 0.294 e. The van der Waals surface area contributed by atoms with Crippen molar-refractivity contribution in [3.8, 4) is 49.4 Å². The normalized spacial score (nSPS) is 17.0. The van der Waals surface area contributed by atoms with E-state index in [0.29, 0.717) is 67.3 Å². The lowest BCUT2D eigenvalue weighted by atomic mass is 9.74. The van der Waals surface area contributed by atoms with E-state index in [9.17, 15) is 57.5 Å². The SMILES string of the molecule is C#Cc1cccc(N2C(=O)c3ccc(C(=O)Cc4ccc(C5(C)CC(C)(C)c6cc(CC(=O)c7ccc8c(c7)C(=O)N(c7cccc(C#C)c7)C8=O)ccc65)cc4)cc3C2=O)c1.C#Cc1cccc(N2C(=O)c3ccc(C(=O)Cc4ccc(C5(C)CC(C)(C)c6ccc(CC(=O)c7ccc8c(c7)C(=O)N(c7cccc(C#C)c7)C8=O)cc65)cc4)cc3C2=O)c1. The van der Waals surface area contributed by atoms with E-state index in [2.05, 4.69) is 102 Å². The maximum Gasteiger partial charge on any atom is 0.266 e. The second-order valence-electron chi connectivity index (χ2n) is 33.9. The van der Waals surface area contributed by atoms with Crippen LogP contribution in [-0.2, 0) is 47.3 Å². The summed E-state index contributed by atoms with van der Waals surface area (Å²) in [7, 11) is 0. The Morgan fingerprint density at radius 1 is 0.266 bits per heavy atom. The van der Waals surface area contributed by atoms with Crippen molar-refractivity contribution in [3.05, 3.63) is 399 Å². The van der Waals surface area contributed by atoms with Gasteiger partial charge in [-0.25, -0.2) is 19.6 Å². The van der Waals surface area contributed by atoms with Gasteiger partial charge in [0.15, 0.2) is 23.1 Å². The summed E-state index contributed by atoms with van der Waals surface area (Å²) >= 11 is 0. The quantitative estimate of drug-likeness (QED) is 0.0445. The lowest BCUT2D eigenvalue weighted by Gasteiger charge is -2.29. The van der Waals surface area contributed by atoms with E-state index in [0.717, 1.165) is 82.5 Å². The summed E-state index contributed by atoms with van der Waals surface area (Å²) in [5.74, 6) is 5.50. The molecule has 0 N–H and O–H groups in total. The lowest BCUT2D eigenvalue weighted by molar-refractivity contribution is 0.0910. The molecular weight excluding hydrogens is 1550 g/mol. The fourth-order valence-electron chi connectivity index (χ4n) is 18.8. The summed E-state index contributed by atoms with van der Waals surface area (Å²) < 4.78 is 0. The highest BCUT2D eigenvalue weighted by Crippen LogP contribution is 2.55. The van der Waals surface area contributed by atoms with Gasteiger partial charge < -0.3 is 0 Å². The van der Waals surface area contributed by atoms with Crippen LogP contribution < -0.4 is 19.6 Å². The van der Waals surface area contributed by atoms with Gasteiger partial charge in [-0.3, -0.25) is 57.5 Å². The van der Waals surface area contributed by atoms with Gasteiger partial charge in [0.1, 0.15) is 0 Å². The van der Waals surface area contributed by atoms with E-state index in [1.165, 1.54) is 48.0 Å². The lowest BCUT2D eigenvalue weighted by Crippen LogP contribution is -2.29. The molecule has 16 nitrogen and oxygen atoms in total. The third kappa shape index (κ3) is 13.9. The van der Waals surface area contributed by atoms with E-state index in [1.807, 2.05) is 48.5 Å². The number of fused-ring (bicyclic) bond motifs is 6. The Bertz CT molecular complexity index is 7010. The number of amides is 8. The Kier molecular flexibility index (Phi) is 20.0. The molecule has 0 spiro atoms. The first-order chi connectivity index (χ1) is 59.4. The van der Waals surface area contributed by atoms with E-state index in [-0.39, 0.29) is 110 Å². The number of rotatable bonds is 18. The number of anilines is 4. The number of carbonyl (C=O) groups excluding carboxylic acids is 12. The minimum atomic E-state index is -0.507. The standard InChI is InChI=1S/2C54H38N2O6/c1-6-32-10-8-12-39(24-32)55-49(59)41-21-17-36(29-43(41)51(55)61)47(57)27-34-14-19-38(20-15-34)54(5)31-53(3,4)46-26-35(16-23-45(46)54)28-48(58)37-18-22-42-44(30-37)52(62)56(50(42)60)40-13-9-11-33(7-2)25-40;1-6-32-10-8-12-39(24-32)55-49(59)41-21-17-36(29-43(41)51(55)61)47(57)27-34-14-19-38(20-15-34)54(5)31-53(3,4)45-23-16-35(26-46(45)54)28-48(58)37-18-22-42-44(30-37)52(62)56(50(42)60)40-13-9-11-33(7-2)25-40/h2*1-2,8-26,29-30H,27-28,31H2,3-5H3. The number of hydrogen-bond donors (Lipinski definition) is 0. The summed E-state index contributed by atoms with van der Waals surface area (Å²) in [4.78, 5) is 166. The van der Waals surface area contributed by atoms with Crippen LogP contribution in [0.15, 0.2) is 255 Å². The van der Waals surface area contributed by atoms with Crippen molar-refractivity contribution in [2.24, 2.45) is 0 Å². The number of nitrogens with zero attached hydrogens (tertiary/aromatic N) is 4. The van der Waals surface area contributed by atoms with E-state index in [1.54, 1.807) is 127 Å². The molecule has 0 aromatic heterocycles. The highest BCUT2D eigenvalue weighted by atomic mass is 16.2. The Balaban J connectivity index is 0.000000176. The molecule has 4 aliphatic heterocycles. The first kappa shape index (κ1) is 80.5. The van der Waals surface area contributed by atoms with Gasteiger partial charge in [0.05, 0.1) is 67.3 Å². The summed E-state index contributed by atoms with van der Waals surface area (Å²) in [5, 5.41) is 0. The van der Waals surface area contributed by atoms with Gasteiger partial charge in [0.25, 0.3) is 47.3 Å². The summed E-state index contributed by atoms with van der Waals surface area (Å²) in [5.41, 5.74) is 15.6. The van der Waals surface area contributed by atoms with Gasteiger partial charge in [0.2, 0.25) is 0 Å². The summed E-state index contributed by atoms with van der Waals surface area (Å²) in [6.45, 7) is 13.3. The number of benzene rings is 12. The number of carbonyl (C=O) groups is 12. The van der Waals surface area contributed by atoms with Gasteiger partial charge in [-0.2, -0.15) is 0 Å². The van der Waals surface area contributed by atoms with Crippen molar-refractivity contribution in [2.75, 3.05) is 19.6 Å². The summed E-state index contributed by atoms with van der Waals surface area (Å²) in [6, 6.07) is 73.6. The average molecular weight is 1620 g/mol. The first-order valence-corrected chi connectivity index (χ1v) is 40.4. The van der Waals surface area contributed by atoms with Crippen LogP contribution in [0.1, 0.15) is 257 Å². The number of Topliss-reactive ketones (excluding diaryl/α,β-unsaturated/α-hetero) is 4. The third-order valence-electron chi connectivity index (χ3n) is 25.0. The van der Waals surface area contributed by atoms with Crippen LogP contribution in [0.25, 0.3) is 0 Å². The van der Waals surface area contributed by atoms with Crippen LogP contribution in [0, 0.1) is 49.4 Å². The molecule has 600 valence electrons. The Morgan fingerprint density at radius 3 is 0.815 bits per heavy atom. The maximum absolute atomic E-state index is 13.8. The van der Waals surface area contributed by atoms with Crippen LogP contribution >= 0.6 is 0 Å². The topological polar surface area (TPSA) is 218 Å². The van der Waals surface area contributed by atoms with E-state index in [4.69, 9.17) is 25.7 Å². The van der Waals surface area contributed by atoms with Crippen LogP contribution in [0.3, 0.4) is 0 Å². The smallest absolute Gasteiger partial charge is 0.266 e. The molecule has 2 aliphatic carbocycles. The first-order valence-electron chi connectivity index (χ1n) is 40.4. The van der Waals surface area contributed by atoms with Crippen molar-refractivity contribution in [1.82, 2.24) is 0 Å². The Morgan fingerprint density at radius 2 is 0.516 bits per heavy atom. The molecule has 0 saturated carbocycles. The number of hydrogen-bond acceptors (Lipinski definition) is 12. The summed E-state index contributed by atoms with van der Waals surface area (Å²) in [6.07, 6.45) is 24.2. The van der Waals surface area contributed by atoms with E-state index >= 15 is 0 Å². The molecule has 4 heterocycles. The minimum Gasteiger partial charge on any atom is -0.294 e. The molecule has 18 rings (SSSR count). The zero-order chi connectivity index (χ0) is 87.3. The van der Waals surface area contributed by atoms with Crippen LogP contribution in [0.2, 0.25) is 0 Å². The van der Waals surface area contributed by atoms with Gasteiger partial charge >= 0.3 is 0 Å². The molecule has 16 heteroatoms. The molecular formula is C108H76N4O12. The predicted molar refractivity (Wildman–Crippen MR) is 474 cm³/mol. The van der Waals surface area contributed by atoms with Crippen molar-refractivity contribution in [2.45, 2.75) is 102 Å². The molecule has 2 unspecified atom stereocenters. The minimum absolute atomic E-state index is 0.0964. The van der Waals surface area contributed by atoms with Crippen molar-refractivity contribution in [1.29, 1.82) is 0 Å². The van der Waals surface area contributed by atoms with E-state index < -0.39 is 52.7 Å². The zero-order valence-corrected chi connectivity index (χ0v) is 68.5. The Labute approximate surface area is 716 Å². The molecule has 0 fully saturated rings. The predicted octanol–water partition coefficient (Wildman–Crippen LogP) is 18.2. The molecule has 8 amide bonds. The fraction of sp³-hybridized carbons (Fsp3) is 0.148. The molecule has 6 aliphatic rings. The highest BCUT2D eigenvalue weighted by Gasteiger charge is 2.49. The Hall–Kier alpha value is -15.9.